The molecule has 0 atom stereocenters. The minimum absolute atomic E-state index is 0.611. The average molecular weight is 455 g/mol. The molecule has 0 saturated heterocycles. The van der Waals surface area contributed by atoms with Gasteiger partial charge in [0.25, 0.3) is 0 Å². The quantitative estimate of drug-likeness (QED) is 0.252. The van der Waals surface area contributed by atoms with E-state index in [9.17, 15) is 0 Å². The molecule has 0 spiro atoms. The number of nitrogens with zero attached hydrogens (tertiary/aromatic N) is 4. The SMILES string of the molecule is CCN(CC)c1ccc2nc(-c3ccc(-c4nc5ccc(N(CC)CC)cc5o4)cc3)oc2c1. The van der Waals surface area contributed by atoms with Crippen LogP contribution in [0.4, 0.5) is 11.4 Å². The highest BCUT2D eigenvalue weighted by Gasteiger charge is 2.14. The Hall–Kier alpha value is -3.80. The van der Waals surface area contributed by atoms with Crippen molar-refractivity contribution in [3.63, 3.8) is 0 Å². The Morgan fingerprint density at radius 3 is 1.29 bits per heavy atom. The first-order valence-electron chi connectivity index (χ1n) is 12.0. The first kappa shape index (κ1) is 22.0. The van der Waals surface area contributed by atoms with Crippen molar-refractivity contribution in [2.75, 3.05) is 36.0 Å². The predicted molar refractivity (Wildman–Crippen MR) is 140 cm³/mol. The van der Waals surface area contributed by atoms with Gasteiger partial charge in [0.05, 0.1) is 0 Å². The molecule has 6 heteroatoms. The minimum atomic E-state index is 0.611. The van der Waals surface area contributed by atoms with E-state index in [1.54, 1.807) is 0 Å². The molecule has 5 rings (SSSR count). The third-order valence-electron chi connectivity index (χ3n) is 6.38. The molecule has 0 fully saturated rings. The van der Waals surface area contributed by atoms with Crippen molar-refractivity contribution in [1.29, 1.82) is 0 Å². The maximum absolute atomic E-state index is 6.10. The van der Waals surface area contributed by atoms with Crippen LogP contribution in [0, 0.1) is 0 Å². The van der Waals surface area contributed by atoms with Gasteiger partial charge in [-0.15, -0.1) is 0 Å². The van der Waals surface area contributed by atoms with Gasteiger partial charge in [-0.25, -0.2) is 9.97 Å². The predicted octanol–water partition coefficient (Wildman–Crippen LogP) is 7.00. The van der Waals surface area contributed by atoms with Crippen molar-refractivity contribution in [2.24, 2.45) is 0 Å². The molecule has 0 unspecified atom stereocenters. The van der Waals surface area contributed by atoms with E-state index in [-0.39, 0.29) is 0 Å². The largest absolute Gasteiger partial charge is 0.436 e. The minimum Gasteiger partial charge on any atom is -0.436 e. The second kappa shape index (κ2) is 9.21. The lowest BCUT2D eigenvalue weighted by Crippen LogP contribution is -2.21. The van der Waals surface area contributed by atoms with Crippen LogP contribution in [0.5, 0.6) is 0 Å². The standard InChI is InChI=1S/C28H30N4O2/c1-5-31(6-2)21-13-15-23-25(17-21)33-27(29-23)19-9-11-20(12-10-19)28-30-24-16-14-22(18-26(24)34-28)32(7-3)8-4/h9-18H,5-8H2,1-4H3. The molecule has 34 heavy (non-hydrogen) atoms. The third-order valence-corrected chi connectivity index (χ3v) is 6.38. The van der Waals surface area contributed by atoms with Crippen molar-refractivity contribution < 1.29 is 8.83 Å². The van der Waals surface area contributed by atoms with Gasteiger partial charge in [0.15, 0.2) is 11.2 Å². The fourth-order valence-electron chi connectivity index (χ4n) is 4.40. The van der Waals surface area contributed by atoms with E-state index in [0.29, 0.717) is 11.8 Å². The summed E-state index contributed by atoms with van der Waals surface area (Å²) in [5, 5.41) is 0. The Bertz CT molecular complexity index is 1300. The lowest BCUT2D eigenvalue weighted by molar-refractivity contribution is 0.617. The topological polar surface area (TPSA) is 58.5 Å². The summed E-state index contributed by atoms with van der Waals surface area (Å²) >= 11 is 0. The maximum Gasteiger partial charge on any atom is 0.227 e. The number of rotatable bonds is 8. The van der Waals surface area contributed by atoms with Gasteiger partial charge in [-0.05, 0) is 76.2 Å². The van der Waals surface area contributed by atoms with Gasteiger partial charge in [0.2, 0.25) is 11.8 Å². The van der Waals surface area contributed by atoms with Crippen LogP contribution in [0.1, 0.15) is 27.7 Å². The van der Waals surface area contributed by atoms with Crippen LogP contribution in [-0.4, -0.2) is 36.1 Å². The van der Waals surface area contributed by atoms with Crippen LogP contribution in [0.2, 0.25) is 0 Å². The molecule has 174 valence electrons. The summed E-state index contributed by atoms with van der Waals surface area (Å²) in [6.07, 6.45) is 0. The number of hydrogen-bond acceptors (Lipinski definition) is 6. The molecule has 0 bridgehead atoms. The lowest BCUT2D eigenvalue weighted by atomic mass is 10.1. The van der Waals surface area contributed by atoms with E-state index in [0.717, 1.165) is 70.9 Å². The third kappa shape index (κ3) is 4.00. The Morgan fingerprint density at radius 2 is 0.941 bits per heavy atom. The Kier molecular flexibility index (Phi) is 5.97. The van der Waals surface area contributed by atoms with E-state index in [1.807, 2.05) is 36.4 Å². The Labute approximate surface area is 199 Å². The van der Waals surface area contributed by atoms with Crippen LogP contribution in [-0.2, 0) is 0 Å². The molecule has 0 saturated carbocycles. The molecule has 5 aromatic rings. The van der Waals surface area contributed by atoms with Gasteiger partial charge in [0.1, 0.15) is 11.0 Å². The smallest absolute Gasteiger partial charge is 0.227 e. The zero-order valence-electron chi connectivity index (χ0n) is 20.2. The van der Waals surface area contributed by atoms with E-state index in [2.05, 4.69) is 71.7 Å². The highest BCUT2D eigenvalue weighted by atomic mass is 16.4. The molecule has 0 amide bonds. The fourth-order valence-corrected chi connectivity index (χ4v) is 4.40. The van der Waals surface area contributed by atoms with Gasteiger partial charge in [-0.3, -0.25) is 0 Å². The summed E-state index contributed by atoms with van der Waals surface area (Å²) in [6, 6.07) is 20.4. The molecule has 0 aliphatic carbocycles. The summed E-state index contributed by atoms with van der Waals surface area (Å²) in [7, 11) is 0. The molecular formula is C28H30N4O2. The van der Waals surface area contributed by atoms with E-state index >= 15 is 0 Å². The van der Waals surface area contributed by atoms with Crippen LogP contribution < -0.4 is 9.80 Å². The number of oxazole rings is 2. The number of aromatic nitrogens is 2. The molecule has 3 aromatic carbocycles. The van der Waals surface area contributed by atoms with E-state index in [1.165, 1.54) is 0 Å². The summed E-state index contributed by atoms with van der Waals surface area (Å²) in [5.41, 5.74) is 7.45. The molecule has 2 heterocycles. The van der Waals surface area contributed by atoms with E-state index < -0.39 is 0 Å². The monoisotopic (exact) mass is 454 g/mol. The summed E-state index contributed by atoms with van der Waals surface area (Å²) in [4.78, 5) is 14.0. The van der Waals surface area contributed by atoms with Crippen molar-refractivity contribution in [1.82, 2.24) is 9.97 Å². The van der Waals surface area contributed by atoms with E-state index in [4.69, 9.17) is 8.83 Å². The molecule has 6 nitrogen and oxygen atoms in total. The zero-order chi connectivity index (χ0) is 23.7. The zero-order valence-corrected chi connectivity index (χ0v) is 20.2. The van der Waals surface area contributed by atoms with Gasteiger partial charge < -0.3 is 18.6 Å². The maximum atomic E-state index is 6.10. The van der Waals surface area contributed by atoms with Crippen LogP contribution in [0.3, 0.4) is 0 Å². The molecular weight excluding hydrogens is 424 g/mol. The molecule has 0 aliphatic heterocycles. The van der Waals surface area contributed by atoms with Gasteiger partial charge >= 0.3 is 0 Å². The summed E-state index contributed by atoms with van der Waals surface area (Å²) < 4.78 is 12.2. The molecule has 0 radical (unpaired) electrons. The second-order valence-electron chi connectivity index (χ2n) is 8.26. The summed E-state index contributed by atoms with van der Waals surface area (Å²) in [5.74, 6) is 1.22. The number of fused-ring (bicyclic) bond motifs is 2. The highest BCUT2D eigenvalue weighted by Crippen LogP contribution is 2.31. The summed E-state index contributed by atoms with van der Waals surface area (Å²) in [6.45, 7) is 12.4. The molecule has 2 aromatic heterocycles. The Balaban J connectivity index is 1.42. The van der Waals surface area contributed by atoms with Crippen molar-refractivity contribution >= 4 is 33.6 Å². The molecule has 0 N–H and O–H groups in total. The van der Waals surface area contributed by atoms with Crippen LogP contribution >= 0.6 is 0 Å². The van der Waals surface area contributed by atoms with Gasteiger partial charge in [-0.2, -0.15) is 0 Å². The highest BCUT2D eigenvalue weighted by molar-refractivity contribution is 5.82. The second-order valence-corrected chi connectivity index (χ2v) is 8.26. The van der Waals surface area contributed by atoms with Crippen molar-refractivity contribution in [3.05, 3.63) is 60.7 Å². The van der Waals surface area contributed by atoms with Crippen molar-refractivity contribution in [2.45, 2.75) is 27.7 Å². The fraction of sp³-hybridized carbons (Fsp3) is 0.286. The number of benzene rings is 3. The van der Waals surface area contributed by atoms with Gasteiger partial charge in [0, 0.05) is 60.8 Å². The van der Waals surface area contributed by atoms with Gasteiger partial charge in [-0.1, -0.05) is 0 Å². The van der Waals surface area contributed by atoms with Crippen LogP contribution in [0.25, 0.3) is 45.1 Å². The first-order chi connectivity index (χ1) is 16.6. The Morgan fingerprint density at radius 1 is 0.559 bits per heavy atom. The van der Waals surface area contributed by atoms with Crippen molar-refractivity contribution in [3.8, 4) is 22.9 Å². The number of anilines is 2. The normalized spacial score (nSPS) is 11.4. The average Bonchev–Trinajstić information content (AvgIpc) is 3.49. The number of hydrogen-bond donors (Lipinski definition) is 0. The van der Waals surface area contributed by atoms with Crippen LogP contribution in [0.15, 0.2) is 69.5 Å². The molecule has 0 aliphatic rings. The first-order valence-corrected chi connectivity index (χ1v) is 12.0. The lowest BCUT2D eigenvalue weighted by Gasteiger charge is -2.20.